The Kier molecular flexibility index (Phi) is 2.37. The van der Waals surface area contributed by atoms with Crippen molar-refractivity contribution in [2.24, 2.45) is 0 Å². The highest BCUT2D eigenvalue weighted by molar-refractivity contribution is 9.10. The Bertz CT molecular complexity index is 655. The number of nitrogens with two attached hydrogens (primary N) is 1. The molecule has 0 saturated carbocycles. The Morgan fingerprint density at radius 2 is 1.94 bits per heavy atom. The quantitative estimate of drug-likeness (QED) is 0.672. The van der Waals surface area contributed by atoms with E-state index in [0.717, 1.165) is 32.6 Å². The molecule has 0 amide bonds. The standard InChI is InChI=1S/C13H10BrN3/c14-9-7-8(5-6-10(9)15)13-16-11-3-1-2-4-12(11)17-13/h1-7H,15H2,(H,16,17). The van der Waals surface area contributed by atoms with E-state index in [0.29, 0.717) is 0 Å². The average Bonchev–Trinajstić information content (AvgIpc) is 2.76. The number of nitrogen functional groups attached to an aromatic ring is 1. The number of rotatable bonds is 1. The summed E-state index contributed by atoms with van der Waals surface area (Å²) in [6.07, 6.45) is 0. The SMILES string of the molecule is Nc1ccc(-c2nc3ccccc3[nH]2)cc1Br. The molecule has 4 heteroatoms. The van der Waals surface area contributed by atoms with Crippen LogP contribution in [0.1, 0.15) is 0 Å². The molecule has 0 fully saturated rings. The zero-order chi connectivity index (χ0) is 11.8. The number of imidazole rings is 1. The first-order valence-electron chi connectivity index (χ1n) is 5.24. The summed E-state index contributed by atoms with van der Waals surface area (Å²) >= 11 is 3.42. The lowest BCUT2D eigenvalue weighted by atomic mass is 10.2. The van der Waals surface area contributed by atoms with E-state index < -0.39 is 0 Å². The second-order valence-corrected chi connectivity index (χ2v) is 4.69. The van der Waals surface area contributed by atoms with Gasteiger partial charge in [0.05, 0.1) is 11.0 Å². The van der Waals surface area contributed by atoms with Gasteiger partial charge < -0.3 is 10.7 Å². The van der Waals surface area contributed by atoms with Crippen molar-refractivity contribution in [3.63, 3.8) is 0 Å². The second kappa shape index (κ2) is 3.89. The van der Waals surface area contributed by atoms with Crippen LogP contribution in [0.3, 0.4) is 0 Å². The number of aromatic amines is 1. The van der Waals surface area contributed by atoms with E-state index in [9.17, 15) is 0 Å². The maximum absolute atomic E-state index is 5.76. The van der Waals surface area contributed by atoms with Crippen molar-refractivity contribution < 1.29 is 0 Å². The van der Waals surface area contributed by atoms with Gasteiger partial charge in [0.1, 0.15) is 5.82 Å². The van der Waals surface area contributed by atoms with Crippen LogP contribution in [0.2, 0.25) is 0 Å². The maximum atomic E-state index is 5.76. The van der Waals surface area contributed by atoms with Crippen LogP contribution in [0.4, 0.5) is 5.69 Å². The Morgan fingerprint density at radius 3 is 2.71 bits per heavy atom. The summed E-state index contributed by atoms with van der Waals surface area (Å²) in [5.41, 5.74) is 9.51. The minimum absolute atomic E-state index is 0.727. The number of para-hydroxylation sites is 2. The van der Waals surface area contributed by atoms with Gasteiger partial charge in [0.25, 0.3) is 0 Å². The molecular weight excluding hydrogens is 278 g/mol. The molecule has 0 unspecified atom stereocenters. The first-order chi connectivity index (χ1) is 8.24. The molecular formula is C13H10BrN3. The van der Waals surface area contributed by atoms with Crippen molar-refractivity contribution in [2.45, 2.75) is 0 Å². The third kappa shape index (κ3) is 1.80. The van der Waals surface area contributed by atoms with Crippen LogP contribution in [-0.4, -0.2) is 9.97 Å². The number of halogens is 1. The van der Waals surface area contributed by atoms with Crippen LogP contribution in [0, 0.1) is 0 Å². The highest BCUT2D eigenvalue weighted by Crippen LogP contribution is 2.26. The summed E-state index contributed by atoms with van der Waals surface area (Å²) in [6.45, 7) is 0. The molecule has 0 aliphatic rings. The van der Waals surface area contributed by atoms with Crippen LogP contribution in [0.5, 0.6) is 0 Å². The fraction of sp³-hybridized carbons (Fsp3) is 0. The molecule has 3 rings (SSSR count). The number of nitrogens with zero attached hydrogens (tertiary/aromatic N) is 1. The molecule has 2 aromatic carbocycles. The number of hydrogen-bond donors (Lipinski definition) is 2. The van der Waals surface area contributed by atoms with Crippen LogP contribution >= 0.6 is 15.9 Å². The number of fused-ring (bicyclic) bond motifs is 1. The van der Waals surface area contributed by atoms with E-state index in [2.05, 4.69) is 25.9 Å². The Morgan fingerprint density at radius 1 is 1.12 bits per heavy atom. The Hall–Kier alpha value is -1.81. The summed E-state index contributed by atoms with van der Waals surface area (Å²) in [7, 11) is 0. The number of aromatic nitrogens is 2. The number of hydrogen-bond acceptors (Lipinski definition) is 2. The lowest BCUT2D eigenvalue weighted by Crippen LogP contribution is -1.87. The number of benzene rings is 2. The molecule has 0 saturated heterocycles. The minimum Gasteiger partial charge on any atom is -0.398 e. The molecule has 3 N–H and O–H groups in total. The van der Waals surface area contributed by atoms with E-state index in [1.54, 1.807) is 0 Å². The fourth-order valence-corrected chi connectivity index (χ4v) is 2.14. The van der Waals surface area contributed by atoms with Crippen LogP contribution in [0.15, 0.2) is 46.9 Å². The number of H-pyrrole nitrogens is 1. The van der Waals surface area contributed by atoms with E-state index in [1.165, 1.54) is 0 Å². The smallest absolute Gasteiger partial charge is 0.138 e. The zero-order valence-corrected chi connectivity index (χ0v) is 10.5. The van der Waals surface area contributed by atoms with Gasteiger partial charge in [-0.15, -0.1) is 0 Å². The second-order valence-electron chi connectivity index (χ2n) is 3.84. The average molecular weight is 288 g/mol. The first-order valence-corrected chi connectivity index (χ1v) is 6.03. The summed E-state index contributed by atoms with van der Waals surface area (Å²) in [5.74, 6) is 0.854. The largest absolute Gasteiger partial charge is 0.398 e. The van der Waals surface area contributed by atoms with Crippen LogP contribution in [0.25, 0.3) is 22.4 Å². The topological polar surface area (TPSA) is 54.7 Å². The van der Waals surface area contributed by atoms with Gasteiger partial charge in [0, 0.05) is 15.7 Å². The molecule has 3 aromatic rings. The fourth-order valence-electron chi connectivity index (χ4n) is 1.76. The van der Waals surface area contributed by atoms with Crippen molar-refractivity contribution in [3.05, 3.63) is 46.9 Å². The van der Waals surface area contributed by atoms with Gasteiger partial charge >= 0.3 is 0 Å². The third-order valence-corrected chi connectivity index (χ3v) is 3.35. The lowest BCUT2D eigenvalue weighted by Gasteiger charge is -2.00. The Labute approximate surface area is 107 Å². The lowest BCUT2D eigenvalue weighted by molar-refractivity contribution is 1.33. The van der Waals surface area contributed by atoms with E-state index >= 15 is 0 Å². The van der Waals surface area contributed by atoms with Gasteiger partial charge in [-0.25, -0.2) is 4.98 Å². The van der Waals surface area contributed by atoms with Crippen LogP contribution < -0.4 is 5.73 Å². The van der Waals surface area contributed by atoms with E-state index in [4.69, 9.17) is 5.73 Å². The molecule has 0 bridgehead atoms. The molecule has 84 valence electrons. The highest BCUT2D eigenvalue weighted by Gasteiger charge is 2.06. The van der Waals surface area contributed by atoms with Gasteiger partial charge in [-0.05, 0) is 46.3 Å². The molecule has 0 spiro atoms. The summed E-state index contributed by atoms with van der Waals surface area (Å²) in [4.78, 5) is 7.82. The zero-order valence-electron chi connectivity index (χ0n) is 8.94. The third-order valence-electron chi connectivity index (χ3n) is 2.66. The molecule has 1 aromatic heterocycles. The molecule has 0 aliphatic heterocycles. The maximum Gasteiger partial charge on any atom is 0.138 e. The monoisotopic (exact) mass is 287 g/mol. The summed E-state index contributed by atoms with van der Waals surface area (Å²) in [6, 6.07) is 13.8. The van der Waals surface area contributed by atoms with Gasteiger partial charge in [0.2, 0.25) is 0 Å². The van der Waals surface area contributed by atoms with Crippen molar-refractivity contribution in [1.29, 1.82) is 0 Å². The summed E-state index contributed by atoms with van der Waals surface area (Å²) < 4.78 is 0.885. The molecule has 3 nitrogen and oxygen atoms in total. The number of nitrogens with one attached hydrogen (secondary N) is 1. The first kappa shape index (κ1) is 10.4. The molecule has 0 radical (unpaired) electrons. The molecule has 0 aliphatic carbocycles. The van der Waals surface area contributed by atoms with Crippen molar-refractivity contribution in [3.8, 4) is 11.4 Å². The summed E-state index contributed by atoms with van der Waals surface area (Å²) in [5, 5.41) is 0. The van der Waals surface area contributed by atoms with Gasteiger partial charge in [-0.1, -0.05) is 12.1 Å². The van der Waals surface area contributed by atoms with Gasteiger partial charge in [-0.2, -0.15) is 0 Å². The minimum atomic E-state index is 0.727. The molecule has 17 heavy (non-hydrogen) atoms. The van der Waals surface area contributed by atoms with Gasteiger partial charge in [-0.3, -0.25) is 0 Å². The normalized spacial score (nSPS) is 10.9. The predicted molar refractivity (Wildman–Crippen MR) is 73.6 cm³/mol. The van der Waals surface area contributed by atoms with E-state index in [-0.39, 0.29) is 0 Å². The van der Waals surface area contributed by atoms with Gasteiger partial charge in [0.15, 0.2) is 0 Å². The Balaban J connectivity index is 2.17. The molecule has 0 atom stereocenters. The van der Waals surface area contributed by atoms with E-state index in [1.807, 2.05) is 42.5 Å². The highest BCUT2D eigenvalue weighted by atomic mass is 79.9. The predicted octanol–water partition coefficient (Wildman–Crippen LogP) is 3.57. The van der Waals surface area contributed by atoms with Crippen LogP contribution in [-0.2, 0) is 0 Å². The number of anilines is 1. The van der Waals surface area contributed by atoms with Crippen molar-refractivity contribution >= 4 is 32.7 Å². The van der Waals surface area contributed by atoms with Crippen molar-refractivity contribution in [2.75, 3.05) is 5.73 Å². The van der Waals surface area contributed by atoms with Crippen molar-refractivity contribution in [1.82, 2.24) is 9.97 Å². The molecule has 1 heterocycles.